The Morgan fingerprint density at radius 3 is 2.59 bits per heavy atom. The average molecular weight is 238 g/mol. The molecule has 92 valence electrons. The molecule has 0 unspecified atom stereocenters. The van der Waals surface area contributed by atoms with Gasteiger partial charge >= 0.3 is 5.97 Å². The molecule has 1 heterocycles. The number of anilines is 1. The van der Waals surface area contributed by atoms with Crippen LogP contribution in [0.2, 0.25) is 0 Å². The van der Waals surface area contributed by atoms with Gasteiger partial charge in [0.05, 0.1) is 0 Å². The van der Waals surface area contributed by atoms with Crippen LogP contribution in [-0.2, 0) is 4.79 Å². The van der Waals surface area contributed by atoms with Crippen molar-refractivity contribution >= 4 is 11.7 Å². The second kappa shape index (κ2) is 4.33. The van der Waals surface area contributed by atoms with Crippen molar-refractivity contribution in [1.82, 2.24) is 0 Å². The lowest BCUT2D eigenvalue weighted by molar-refractivity contribution is -0.144. The number of rotatable bonds is 2. The predicted molar refractivity (Wildman–Crippen MR) is 62.4 cm³/mol. The number of aliphatic carboxylic acids is 1. The highest BCUT2D eigenvalue weighted by Gasteiger charge is 2.37. The maximum Gasteiger partial charge on any atom is 0.323 e. The molecular weight excluding hydrogens is 223 g/mol. The van der Waals surface area contributed by atoms with Crippen LogP contribution in [0.5, 0.6) is 0 Å². The van der Waals surface area contributed by atoms with Crippen molar-refractivity contribution in [3.05, 3.63) is 30.1 Å². The van der Waals surface area contributed by atoms with Gasteiger partial charge in [0.15, 0.2) is 0 Å². The minimum absolute atomic E-state index is 0.287. The van der Waals surface area contributed by atoms with Crippen molar-refractivity contribution in [3.63, 3.8) is 0 Å². The van der Waals surface area contributed by atoms with Gasteiger partial charge < -0.3 is 15.7 Å². The first-order chi connectivity index (χ1) is 8.01. The first-order valence-electron chi connectivity index (χ1n) is 5.54. The van der Waals surface area contributed by atoms with Gasteiger partial charge in [0, 0.05) is 18.8 Å². The SMILES string of the molecule is NC1(C(=O)O)CCN(c2cccc(F)c2)CC1. The summed E-state index contributed by atoms with van der Waals surface area (Å²) in [5, 5.41) is 8.99. The largest absolute Gasteiger partial charge is 0.480 e. The van der Waals surface area contributed by atoms with Crippen molar-refractivity contribution in [3.8, 4) is 0 Å². The third kappa shape index (κ3) is 2.39. The highest BCUT2D eigenvalue weighted by atomic mass is 19.1. The molecule has 0 aliphatic carbocycles. The number of nitrogens with zero attached hydrogens (tertiary/aromatic N) is 1. The van der Waals surface area contributed by atoms with Gasteiger partial charge in [0.1, 0.15) is 11.4 Å². The van der Waals surface area contributed by atoms with Crippen LogP contribution in [0.4, 0.5) is 10.1 Å². The number of benzene rings is 1. The topological polar surface area (TPSA) is 66.6 Å². The van der Waals surface area contributed by atoms with E-state index in [-0.39, 0.29) is 5.82 Å². The molecule has 1 saturated heterocycles. The Kier molecular flexibility index (Phi) is 3.02. The number of hydrogen-bond acceptors (Lipinski definition) is 3. The number of nitrogens with two attached hydrogens (primary N) is 1. The van der Waals surface area contributed by atoms with Crippen molar-refractivity contribution in [2.24, 2.45) is 5.73 Å². The summed E-state index contributed by atoms with van der Waals surface area (Å²) in [7, 11) is 0. The molecule has 0 radical (unpaired) electrons. The van der Waals surface area contributed by atoms with Crippen molar-refractivity contribution in [2.45, 2.75) is 18.4 Å². The zero-order valence-corrected chi connectivity index (χ0v) is 9.40. The van der Waals surface area contributed by atoms with Gasteiger partial charge in [-0.1, -0.05) is 6.07 Å². The van der Waals surface area contributed by atoms with Gasteiger partial charge in [-0.25, -0.2) is 4.39 Å². The lowest BCUT2D eigenvalue weighted by Gasteiger charge is -2.37. The van der Waals surface area contributed by atoms with E-state index < -0.39 is 11.5 Å². The average Bonchev–Trinajstić information content (AvgIpc) is 2.30. The molecule has 0 saturated carbocycles. The van der Waals surface area contributed by atoms with Gasteiger partial charge in [0.25, 0.3) is 0 Å². The monoisotopic (exact) mass is 238 g/mol. The van der Waals surface area contributed by atoms with Gasteiger partial charge in [0.2, 0.25) is 0 Å². The Balaban J connectivity index is 2.07. The molecule has 0 spiro atoms. The van der Waals surface area contributed by atoms with Crippen LogP contribution >= 0.6 is 0 Å². The van der Waals surface area contributed by atoms with E-state index in [9.17, 15) is 9.18 Å². The van der Waals surface area contributed by atoms with Crippen molar-refractivity contribution in [1.29, 1.82) is 0 Å². The predicted octanol–water partition coefficient (Wildman–Crippen LogP) is 1.21. The summed E-state index contributed by atoms with van der Waals surface area (Å²) in [6.45, 7) is 1.07. The molecule has 4 nitrogen and oxygen atoms in total. The molecule has 17 heavy (non-hydrogen) atoms. The molecule has 1 aliphatic heterocycles. The smallest absolute Gasteiger partial charge is 0.323 e. The Bertz CT molecular complexity index is 428. The fraction of sp³-hybridized carbons (Fsp3) is 0.417. The minimum Gasteiger partial charge on any atom is -0.480 e. The first-order valence-corrected chi connectivity index (χ1v) is 5.54. The number of carboxylic acid groups (broad SMARTS) is 1. The molecule has 0 atom stereocenters. The van der Waals surface area contributed by atoms with Crippen LogP contribution in [0, 0.1) is 5.82 Å². The fourth-order valence-corrected chi connectivity index (χ4v) is 2.05. The molecule has 0 bridgehead atoms. The third-order valence-corrected chi connectivity index (χ3v) is 3.25. The van der Waals surface area contributed by atoms with E-state index >= 15 is 0 Å². The standard InChI is InChI=1S/C12H15FN2O2/c13-9-2-1-3-10(8-9)15-6-4-12(14,5-7-15)11(16)17/h1-3,8H,4-7,14H2,(H,16,17). The van der Waals surface area contributed by atoms with E-state index in [2.05, 4.69) is 0 Å². The minimum atomic E-state index is -1.14. The summed E-state index contributed by atoms with van der Waals surface area (Å²) in [6.07, 6.45) is 0.748. The van der Waals surface area contributed by atoms with E-state index in [4.69, 9.17) is 10.8 Å². The quantitative estimate of drug-likeness (QED) is 0.812. The highest BCUT2D eigenvalue weighted by Crippen LogP contribution is 2.25. The molecule has 1 aromatic carbocycles. The molecule has 0 amide bonds. The normalized spacial score (nSPS) is 19.1. The molecule has 1 aromatic rings. The molecule has 0 aromatic heterocycles. The van der Waals surface area contributed by atoms with Crippen LogP contribution < -0.4 is 10.6 Å². The number of hydrogen-bond donors (Lipinski definition) is 2. The number of halogens is 1. The molecular formula is C12H15FN2O2. The summed E-state index contributed by atoms with van der Waals surface area (Å²) in [5.41, 5.74) is 5.41. The highest BCUT2D eigenvalue weighted by molar-refractivity contribution is 5.79. The van der Waals surface area contributed by atoms with Crippen molar-refractivity contribution in [2.75, 3.05) is 18.0 Å². The van der Waals surface area contributed by atoms with Gasteiger partial charge in [-0.2, -0.15) is 0 Å². The zero-order valence-electron chi connectivity index (χ0n) is 9.40. The Labute approximate surface area is 98.8 Å². The van der Waals surface area contributed by atoms with Crippen LogP contribution in [0.15, 0.2) is 24.3 Å². The van der Waals surface area contributed by atoms with Crippen molar-refractivity contribution < 1.29 is 14.3 Å². The van der Waals surface area contributed by atoms with Crippen LogP contribution in [0.3, 0.4) is 0 Å². The Morgan fingerprint density at radius 1 is 1.41 bits per heavy atom. The maximum atomic E-state index is 13.1. The summed E-state index contributed by atoms with van der Waals surface area (Å²) in [5.74, 6) is -1.25. The number of carboxylic acids is 1. The van der Waals surface area contributed by atoms with Gasteiger partial charge in [-0.15, -0.1) is 0 Å². The molecule has 1 fully saturated rings. The van der Waals surface area contributed by atoms with E-state index in [0.29, 0.717) is 25.9 Å². The molecule has 3 N–H and O–H groups in total. The number of carbonyl (C=O) groups is 1. The van der Waals surface area contributed by atoms with E-state index in [1.165, 1.54) is 12.1 Å². The summed E-state index contributed by atoms with van der Waals surface area (Å²) in [6, 6.07) is 6.29. The maximum absolute atomic E-state index is 13.1. The van der Waals surface area contributed by atoms with Gasteiger partial charge in [-0.05, 0) is 31.0 Å². The zero-order chi connectivity index (χ0) is 12.5. The Morgan fingerprint density at radius 2 is 2.06 bits per heavy atom. The van der Waals surface area contributed by atoms with Gasteiger partial charge in [-0.3, -0.25) is 4.79 Å². The number of piperidine rings is 1. The third-order valence-electron chi connectivity index (χ3n) is 3.25. The molecule has 2 rings (SSSR count). The lowest BCUT2D eigenvalue weighted by atomic mass is 9.88. The van der Waals surface area contributed by atoms with Crippen LogP contribution in [0.1, 0.15) is 12.8 Å². The lowest BCUT2D eigenvalue weighted by Crippen LogP contribution is -2.55. The fourth-order valence-electron chi connectivity index (χ4n) is 2.05. The molecule has 1 aliphatic rings. The van der Waals surface area contributed by atoms with E-state index in [1.54, 1.807) is 6.07 Å². The summed E-state index contributed by atoms with van der Waals surface area (Å²) in [4.78, 5) is 12.9. The second-order valence-electron chi connectivity index (χ2n) is 4.43. The van der Waals surface area contributed by atoms with E-state index in [1.807, 2.05) is 11.0 Å². The van der Waals surface area contributed by atoms with Crippen LogP contribution in [-0.4, -0.2) is 29.7 Å². The van der Waals surface area contributed by atoms with Crippen LogP contribution in [0.25, 0.3) is 0 Å². The second-order valence-corrected chi connectivity index (χ2v) is 4.43. The summed E-state index contributed by atoms with van der Waals surface area (Å²) < 4.78 is 13.1. The first kappa shape index (κ1) is 11.9. The Hall–Kier alpha value is -1.62. The van der Waals surface area contributed by atoms with E-state index in [0.717, 1.165) is 5.69 Å². The summed E-state index contributed by atoms with van der Waals surface area (Å²) >= 11 is 0. The molecule has 5 heteroatoms.